The lowest BCUT2D eigenvalue weighted by Crippen LogP contribution is -2.08. The largest absolute Gasteiger partial charge is 0.486 e. The Kier molecular flexibility index (Phi) is 5.67. The van der Waals surface area contributed by atoms with E-state index in [1.807, 2.05) is 48.7 Å². The summed E-state index contributed by atoms with van der Waals surface area (Å²) in [7, 11) is 0. The van der Waals surface area contributed by atoms with Crippen LogP contribution in [-0.4, -0.2) is 16.1 Å². The summed E-state index contributed by atoms with van der Waals surface area (Å²) in [6.45, 7) is 2.24. The second-order valence-corrected chi connectivity index (χ2v) is 7.33. The van der Waals surface area contributed by atoms with Crippen molar-refractivity contribution in [2.75, 3.05) is 0 Å². The van der Waals surface area contributed by atoms with Gasteiger partial charge in [0.25, 0.3) is 0 Å². The van der Waals surface area contributed by atoms with E-state index >= 15 is 0 Å². The maximum absolute atomic E-state index is 12.6. The first-order valence-corrected chi connectivity index (χ1v) is 9.88. The number of carbonyl (C=O) groups is 1. The van der Waals surface area contributed by atoms with Crippen molar-refractivity contribution in [2.24, 2.45) is 0 Å². The lowest BCUT2D eigenvalue weighted by molar-refractivity contribution is 0.0459. The van der Waals surface area contributed by atoms with Crippen molar-refractivity contribution in [3.63, 3.8) is 0 Å². The molecule has 4 aromatic rings. The van der Waals surface area contributed by atoms with Crippen molar-refractivity contribution in [3.8, 4) is 17.1 Å². The van der Waals surface area contributed by atoms with Crippen molar-refractivity contribution in [1.82, 2.24) is 10.1 Å². The average molecular weight is 406 g/mol. The Morgan fingerprint density at radius 3 is 2.62 bits per heavy atom. The standard InChI is InChI=1S/C22H18N2O4S/c1-15-23-18(14-29-15)13-26-20-10-6-5-9-19(20)22(25)27-12-17-11-21(28-24-17)16-7-3-2-4-8-16/h2-11,14H,12-13H2,1H3. The molecule has 7 heteroatoms. The van der Waals surface area contributed by atoms with Crippen molar-refractivity contribution in [2.45, 2.75) is 20.1 Å². The zero-order valence-corrected chi connectivity index (χ0v) is 16.5. The van der Waals surface area contributed by atoms with Crippen LogP contribution in [-0.2, 0) is 18.0 Å². The fourth-order valence-electron chi connectivity index (χ4n) is 2.72. The third kappa shape index (κ3) is 4.70. The number of rotatable bonds is 7. The number of benzene rings is 2. The predicted octanol–water partition coefficient (Wildman–Crippen LogP) is 5.04. The van der Waals surface area contributed by atoms with Gasteiger partial charge in [0.2, 0.25) is 0 Å². The van der Waals surface area contributed by atoms with E-state index in [1.165, 1.54) is 0 Å². The molecule has 2 aromatic heterocycles. The van der Waals surface area contributed by atoms with Crippen LogP contribution in [0.3, 0.4) is 0 Å². The smallest absolute Gasteiger partial charge is 0.342 e. The normalized spacial score (nSPS) is 10.7. The highest BCUT2D eigenvalue weighted by atomic mass is 32.1. The molecule has 146 valence electrons. The van der Waals surface area contributed by atoms with Gasteiger partial charge in [0, 0.05) is 17.0 Å². The zero-order chi connectivity index (χ0) is 20.1. The van der Waals surface area contributed by atoms with Gasteiger partial charge < -0.3 is 14.0 Å². The SMILES string of the molecule is Cc1nc(COc2ccccc2C(=O)OCc2cc(-c3ccccc3)on2)cs1. The predicted molar refractivity (Wildman–Crippen MR) is 109 cm³/mol. The molecule has 0 unspecified atom stereocenters. The lowest BCUT2D eigenvalue weighted by Gasteiger charge is -2.10. The number of aromatic nitrogens is 2. The highest BCUT2D eigenvalue weighted by Crippen LogP contribution is 2.23. The van der Waals surface area contributed by atoms with Crippen LogP contribution in [0.15, 0.2) is 70.6 Å². The van der Waals surface area contributed by atoms with Gasteiger partial charge in [-0.3, -0.25) is 0 Å². The Morgan fingerprint density at radius 2 is 1.83 bits per heavy atom. The monoisotopic (exact) mass is 406 g/mol. The average Bonchev–Trinajstić information content (AvgIpc) is 3.40. The Balaban J connectivity index is 1.39. The van der Waals surface area contributed by atoms with Gasteiger partial charge in [-0.15, -0.1) is 11.3 Å². The molecule has 0 atom stereocenters. The van der Waals surface area contributed by atoms with Gasteiger partial charge >= 0.3 is 5.97 Å². The quantitative estimate of drug-likeness (QED) is 0.400. The number of hydrogen-bond donors (Lipinski definition) is 0. The minimum atomic E-state index is -0.487. The molecule has 0 bridgehead atoms. The topological polar surface area (TPSA) is 74.5 Å². The summed E-state index contributed by atoms with van der Waals surface area (Å²) >= 11 is 1.56. The number of thiazole rings is 1. The van der Waals surface area contributed by atoms with E-state index in [0.717, 1.165) is 16.3 Å². The minimum Gasteiger partial charge on any atom is -0.486 e. The van der Waals surface area contributed by atoms with Crippen molar-refractivity contribution < 1.29 is 18.8 Å². The first kappa shape index (κ1) is 18.9. The maximum atomic E-state index is 12.6. The molecule has 0 saturated carbocycles. The van der Waals surface area contributed by atoms with E-state index in [4.69, 9.17) is 14.0 Å². The Morgan fingerprint density at radius 1 is 1.03 bits per heavy atom. The summed E-state index contributed by atoms with van der Waals surface area (Å²) in [5.41, 5.74) is 2.63. The second kappa shape index (κ2) is 8.70. The summed E-state index contributed by atoms with van der Waals surface area (Å²) in [6, 6.07) is 18.3. The molecule has 0 amide bonds. The van der Waals surface area contributed by atoms with Crippen LogP contribution >= 0.6 is 11.3 Å². The van der Waals surface area contributed by atoms with Crippen molar-refractivity contribution >= 4 is 17.3 Å². The summed E-state index contributed by atoms with van der Waals surface area (Å²) in [4.78, 5) is 16.9. The molecule has 6 nitrogen and oxygen atoms in total. The summed E-state index contributed by atoms with van der Waals surface area (Å²) < 4.78 is 16.5. The van der Waals surface area contributed by atoms with Gasteiger partial charge in [0.1, 0.15) is 30.2 Å². The fourth-order valence-corrected chi connectivity index (χ4v) is 3.32. The van der Waals surface area contributed by atoms with Gasteiger partial charge in [-0.2, -0.15) is 0 Å². The molecular weight excluding hydrogens is 388 g/mol. The lowest BCUT2D eigenvalue weighted by atomic mass is 10.2. The molecule has 2 aromatic carbocycles. The number of para-hydroxylation sites is 1. The maximum Gasteiger partial charge on any atom is 0.342 e. The summed E-state index contributed by atoms with van der Waals surface area (Å²) in [5.74, 6) is 0.589. The molecular formula is C22H18N2O4S. The summed E-state index contributed by atoms with van der Waals surface area (Å²) in [6.07, 6.45) is 0. The first-order valence-electron chi connectivity index (χ1n) is 9.00. The molecule has 0 N–H and O–H groups in total. The van der Waals surface area contributed by atoms with E-state index in [-0.39, 0.29) is 6.61 Å². The molecule has 0 aliphatic carbocycles. The molecule has 0 aliphatic heterocycles. The number of esters is 1. The number of nitrogens with zero attached hydrogens (tertiary/aromatic N) is 2. The van der Waals surface area contributed by atoms with Crippen LogP contribution in [0, 0.1) is 6.92 Å². The van der Waals surface area contributed by atoms with Gasteiger partial charge in [-0.05, 0) is 19.1 Å². The van der Waals surface area contributed by atoms with Crippen molar-refractivity contribution in [3.05, 3.63) is 88.0 Å². The van der Waals surface area contributed by atoms with E-state index in [0.29, 0.717) is 29.4 Å². The fraction of sp³-hybridized carbons (Fsp3) is 0.136. The second-order valence-electron chi connectivity index (χ2n) is 6.27. The van der Waals surface area contributed by atoms with E-state index in [2.05, 4.69) is 10.1 Å². The molecule has 29 heavy (non-hydrogen) atoms. The molecule has 0 spiro atoms. The molecule has 4 rings (SSSR count). The molecule has 0 fully saturated rings. The Hall–Kier alpha value is -3.45. The highest BCUT2D eigenvalue weighted by Gasteiger charge is 2.16. The number of hydrogen-bond acceptors (Lipinski definition) is 7. The highest BCUT2D eigenvalue weighted by molar-refractivity contribution is 7.09. The third-order valence-electron chi connectivity index (χ3n) is 4.12. The Labute approximate surface area is 171 Å². The number of aryl methyl sites for hydroxylation is 1. The number of ether oxygens (including phenoxy) is 2. The molecule has 0 saturated heterocycles. The van der Waals surface area contributed by atoms with E-state index in [9.17, 15) is 4.79 Å². The van der Waals surface area contributed by atoms with Gasteiger partial charge in [-0.1, -0.05) is 47.6 Å². The molecule has 0 radical (unpaired) electrons. The van der Waals surface area contributed by atoms with Crippen LogP contribution in [0.1, 0.15) is 26.8 Å². The van der Waals surface area contributed by atoms with Crippen LogP contribution in [0.5, 0.6) is 5.75 Å². The summed E-state index contributed by atoms with van der Waals surface area (Å²) in [5, 5.41) is 6.88. The Bertz CT molecular complexity index is 1100. The van der Waals surface area contributed by atoms with Gasteiger partial charge in [0.05, 0.1) is 10.7 Å². The van der Waals surface area contributed by atoms with Crippen LogP contribution < -0.4 is 4.74 Å². The first-order chi connectivity index (χ1) is 14.2. The van der Waals surface area contributed by atoms with E-state index < -0.39 is 5.97 Å². The van der Waals surface area contributed by atoms with Gasteiger partial charge in [0.15, 0.2) is 5.76 Å². The minimum absolute atomic E-state index is 0.00871. The number of carbonyl (C=O) groups excluding carboxylic acids is 1. The van der Waals surface area contributed by atoms with Crippen LogP contribution in [0.2, 0.25) is 0 Å². The van der Waals surface area contributed by atoms with E-state index in [1.54, 1.807) is 35.6 Å². The molecule has 2 heterocycles. The van der Waals surface area contributed by atoms with Gasteiger partial charge in [-0.25, -0.2) is 9.78 Å². The zero-order valence-electron chi connectivity index (χ0n) is 15.7. The molecule has 0 aliphatic rings. The van der Waals surface area contributed by atoms with Crippen LogP contribution in [0.25, 0.3) is 11.3 Å². The van der Waals surface area contributed by atoms with Crippen LogP contribution in [0.4, 0.5) is 0 Å². The van der Waals surface area contributed by atoms with Crippen molar-refractivity contribution in [1.29, 1.82) is 0 Å². The third-order valence-corrected chi connectivity index (χ3v) is 4.94.